The smallest absolute Gasteiger partial charge is 0.246 e. The van der Waals surface area contributed by atoms with Gasteiger partial charge < -0.3 is 5.32 Å². The molecule has 0 bridgehead atoms. The van der Waals surface area contributed by atoms with Crippen LogP contribution in [0.5, 0.6) is 0 Å². The molecule has 1 aliphatic rings. The molecule has 0 aromatic heterocycles. The summed E-state index contributed by atoms with van der Waals surface area (Å²) < 4.78 is 78.7. The highest BCUT2D eigenvalue weighted by Crippen LogP contribution is 2.23. The lowest BCUT2D eigenvalue weighted by Gasteiger charge is -2.15. The van der Waals surface area contributed by atoms with E-state index in [0.29, 0.717) is 19.5 Å². The fourth-order valence-corrected chi connectivity index (χ4v) is 3.06. The molecule has 1 aromatic carbocycles. The molecular weight excluding hydrogens is 312 g/mol. The van der Waals surface area contributed by atoms with E-state index in [4.69, 9.17) is 0 Å². The van der Waals surface area contributed by atoms with Gasteiger partial charge in [-0.3, -0.25) is 0 Å². The Hall–Kier alpha value is -1.45. The van der Waals surface area contributed by atoms with Crippen LogP contribution in [0, 0.1) is 23.3 Å². The van der Waals surface area contributed by atoms with Crippen LogP contribution < -0.4 is 10.0 Å². The van der Waals surface area contributed by atoms with E-state index < -0.39 is 38.2 Å². The Kier molecular flexibility index (Phi) is 4.64. The van der Waals surface area contributed by atoms with Crippen molar-refractivity contribution in [2.75, 3.05) is 19.6 Å². The fourth-order valence-electron chi connectivity index (χ4n) is 1.88. The Bertz CT molecular complexity index is 663. The molecule has 0 saturated carbocycles. The van der Waals surface area contributed by atoms with Gasteiger partial charge in [0.05, 0.1) is 0 Å². The molecule has 1 aliphatic heterocycles. The number of sulfonamides is 1. The zero-order chi connectivity index (χ0) is 15.6. The number of benzene rings is 1. The topological polar surface area (TPSA) is 58.2 Å². The summed E-state index contributed by atoms with van der Waals surface area (Å²) in [4.78, 5) is -1.64. The fraction of sp³-hybridized carbons (Fsp3) is 0.333. The van der Waals surface area contributed by atoms with Crippen LogP contribution in [0.15, 0.2) is 22.6 Å². The lowest BCUT2D eigenvalue weighted by atomic mass is 10.1. The molecule has 21 heavy (non-hydrogen) atoms. The number of hydrogen-bond donors (Lipinski definition) is 2. The third-order valence-corrected chi connectivity index (χ3v) is 4.41. The lowest BCUT2D eigenvalue weighted by molar-refractivity contribution is 0.418. The summed E-state index contributed by atoms with van der Waals surface area (Å²) in [5.41, 5.74) is 0.718. The maximum Gasteiger partial charge on any atom is 0.246 e. The third kappa shape index (κ3) is 3.42. The van der Waals surface area contributed by atoms with E-state index in [-0.39, 0.29) is 12.6 Å². The van der Waals surface area contributed by atoms with E-state index in [1.165, 1.54) is 0 Å². The van der Waals surface area contributed by atoms with E-state index in [1.807, 2.05) is 4.72 Å². The van der Waals surface area contributed by atoms with E-state index in [2.05, 4.69) is 5.32 Å². The largest absolute Gasteiger partial charge is 0.313 e. The maximum atomic E-state index is 13.5. The molecule has 2 rings (SSSR count). The third-order valence-electron chi connectivity index (χ3n) is 2.99. The van der Waals surface area contributed by atoms with Crippen molar-refractivity contribution >= 4 is 10.0 Å². The second-order valence-corrected chi connectivity index (χ2v) is 6.14. The van der Waals surface area contributed by atoms with Crippen molar-refractivity contribution in [3.63, 3.8) is 0 Å². The van der Waals surface area contributed by atoms with Crippen LogP contribution in [0.1, 0.15) is 6.42 Å². The molecule has 2 N–H and O–H groups in total. The number of halogens is 4. The molecule has 9 heteroatoms. The quantitative estimate of drug-likeness (QED) is 0.501. The highest BCUT2D eigenvalue weighted by Gasteiger charge is 2.29. The van der Waals surface area contributed by atoms with Crippen molar-refractivity contribution in [3.05, 3.63) is 41.0 Å². The Morgan fingerprint density at radius 2 is 1.76 bits per heavy atom. The molecule has 0 amide bonds. The van der Waals surface area contributed by atoms with Crippen molar-refractivity contribution in [2.24, 2.45) is 0 Å². The molecule has 1 heterocycles. The van der Waals surface area contributed by atoms with Crippen LogP contribution in [0.4, 0.5) is 17.6 Å². The van der Waals surface area contributed by atoms with Gasteiger partial charge >= 0.3 is 0 Å². The van der Waals surface area contributed by atoms with E-state index >= 15 is 0 Å². The van der Waals surface area contributed by atoms with Crippen LogP contribution in [-0.4, -0.2) is 28.1 Å². The van der Waals surface area contributed by atoms with Crippen LogP contribution in [0.25, 0.3) is 0 Å². The second kappa shape index (κ2) is 6.12. The Labute approximate surface area is 118 Å². The van der Waals surface area contributed by atoms with E-state index in [9.17, 15) is 26.0 Å². The van der Waals surface area contributed by atoms with Gasteiger partial charge in [0.15, 0.2) is 28.2 Å². The zero-order valence-electron chi connectivity index (χ0n) is 10.7. The van der Waals surface area contributed by atoms with Crippen LogP contribution in [0.2, 0.25) is 0 Å². The minimum absolute atomic E-state index is 0.0426. The van der Waals surface area contributed by atoms with Gasteiger partial charge in [0, 0.05) is 19.2 Å². The standard InChI is InChI=1S/C12H12F4N2O2S/c13-8-5-9(14)11(16)12(10(8)15)21(19,20)18-6-7-1-3-17-4-2-7/h1,5,17-18H,2-4,6H2. The van der Waals surface area contributed by atoms with Crippen molar-refractivity contribution < 1.29 is 26.0 Å². The predicted molar refractivity (Wildman–Crippen MR) is 67.0 cm³/mol. The zero-order valence-corrected chi connectivity index (χ0v) is 11.5. The van der Waals surface area contributed by atoms with Gasteiger partial charge in [-0.25, -0.2) is 30.7 Å². The first-order chi connectivity index (χ1) is 9.83. The van der Waals surface area contributed by atoms with Gasteiger partial charge in [0.1, 0.15) is 0 Å². The van der Waals surface area contributed by atoms with Crippen LogP contribution >= 0.6 is 0 Å². The molecule has 0 spiro atoms. The second-order valence-electron chi connectivity index (χ2n) is 4.44. The average Bonchev–Trinajstić information content (AvgIpc) is 2.44. The van der Waals surface area contributed by atoms with Gasteiger partial charge in [-0.05, 0) is 13.0 Å². The average molecular weight is 324 g/mol. The lowest BCUT2D eigenvalue weighted by Crippen LogP contribution is -2.31. The monoisotopic (exact) mass is 324 g/mol. The summed E-state index contributed by atoms with van der Waals surface area (Å²) in [7, 11) is -4.71. The summed E-state index contributed by atoms with van der Waals surface area (Å²) >= 11 is 0. The SMILES string of the molecule is O=S(=O)(NCC1=CCNCC1)c1c(F)c(F)cc(F)c1F. The van der Waals surface area contributed by atoms with Gasteiger partial charge in [0.2, 0.25) is 10.0 Å². The summed E-state index contributed by atoms with van der Waals surface area (Å²) in [6, 6.07) is -0.0426. The Morgan fingerprint density at radius 1 is 1.14 bits per heavy atom. The molecule has 0 unspecified atom stereocenters. The van der Waals surface area contributed by atoms with Crippen molar-refractivity contribution in [1.82, 2.24) is 10.0 Å². The summed E-state index contributed by atoms with van der Waals surface area (Å²) in [6.07, 6.45) is 2.29. The first-order valence-corrected chi connectivity index (χ1v) is 7.52. The molecular formula is C12H12F4N2O2S. The highest BCUT2D eigenvalue weighted by molar-refractivity contribution is 7.89. The Morgan fingerprint density at radius 3 is 2.29 bits per heavy atom. The summed E-state index contributed by atoms with van der Waals surface area (Å²) in [5, 5.41) is 3.00. The molecule has 1 aromatic rings. The Balaban J connectivity index is 2.29. The first kappa shape index (κ1) is 15.9. The van der Waals surface area contributed by atoms with Crippen molar-refractivity contribution in [2.45, 2.75) is 11.3 Å². The molecule has 0 radical (unpaired) electrons. The molecule has 4 nitrogen and oxygen atoms in total. The first-order valence-electron chi connectivity index (χ1n) is 6.04. The minimum atomic E-state index is -4.71. The van der Waals surface area contributed by atoms with Gasteiger partial charge in [0.25, 0.3) is 0 Å². The van der Waals surface area contributed by atoms with E-state index in [1.54, 1.807) is 6.08 Å². The minimum Gasteiger partial charge on any atom is -0.313 e. The molecule has 116 valence electrons. The van der Waals surface area contributed by atoms with Gasteiger partial charge in [-0.1, -0.05) is 11.6 Å². The normalized spacial score (nSPS) is 15.9. The predicted octanol–water partition coefficient (Wildman–Crippen LogP) is 1.44. The molecule has 0 saturated heterocycles. The van der Waals surface area contributed by atoms with Crippen LogP contribution in [-0.2, 0) is 10.0 Å². The number of hydrogen-bond acceptors (Lipinski definition) is 3. The molecule has 0 atom stereocenters. The molecule has 0 aliphatic carbocycles. The van der Waals surface area contributed by atoms with Crippen LogP contribution in [0.3, 0.4) is 0 Å². The maximum absolute atomic E-state index is 13.5. The van der Waals surface area contributed by atoms with Gasteiger partial charge in [-0.2, -0.15) is 0 Å². The molecule has 0 fully saturated rings. The number of rotatable bonds is 4. The van der Waals surface area contributed by atoms with E-state index in [0.717, 1.165) is 5.57 Å². The van der Waals surface area contributed by atoms with Gasteiger partial charge in [-0.15, -0.1) is 0 Å². The summed E-state index contributed by atoms with van der Waals surface area (Å²) in [6.45, 7) is 1.01. The number of nitrogens with one attached hydrogen (secondary N) is 2. The summed E-state index contributed by atoms with van der Waals surface area (Å²) in [5.74, 6) is -7.42. The van der Waals surface area contributed by atoms with Crippen molar-refractivity contribution in [3.8, 4) is 0 Å². The highest BCUT2D eigenvalue weighted by atomic mass is 32.2. The van der Waals surface area contributed by atoms with Crippen molar-refractivity contribution in [1.29, 1.82) is 0 Å².